The van der Waals surface area contributed by atoms with Crippen molar-refractivity contribution in [2.75, 3.05) is 6.61 Å². The smallest absolute Gasteiger partial charge is 0.416 e. The molecule has 0 radical (unpaired) electrons. The number of hydrogen-bond acceptors (Lipinski definition) is 5. The van der Waals surface area contributed by atoms with Gasteiger partial charge in [0.1, 0.15) is 0 Å². The molecule has 2 aromatic rings. The minimum absolute atomic E-state index is 0.0322. The molecule has 164 valence electrons. The van der Waals surface area contributed by atoms with E-state index in [0.717, 1.165) is 12.1 Å². The Morgan fingerprint density at radius 3 is 2.57 bits per heavy atom. The molecule has 5 nitrogen and oxygen atoms in total. The lowest BCUT2D eigenvalue weighted by Gasteiger charge is -2.37. The van der Waals surface area contributed by atoms with E-state index in [1.165, 1.54) is 6.07 Å². The maximum atomic E-state index is 13.3. The number of hydrogen-bond donors (Lipinski definition) is 0. The van der Waals surface area contributed by atoms with E-state index < -0.39 is 32.4 Å². The van der Waals surface area contributed by atoms with Crippen LogP contribution in [0.25, 0.3) is 0 Å². The summed E-state index contributed by atoms with van der Waals surface area (Å²) in [6, 6.07) is 7.34. The lowest BCUT2D eigenvalue weighted by atomic mass is 9.93. The SMILES string of the molecule is CC(C)Oc1ccc(C2C[C@](C)(S(=O)(=O)c3cccc(C(F)(F)F)c3)CCO2)cn1. The van der Waals surface area contributed by atoms with Crippen LogP contribution in [0, 0.1) is 0 Å². The minimum atomic E-state index is -4.61. The number of sulfone groups is 1. The molecule has 2 heterocycles. The first-order valence-electron chi connectivity index (χ1n) is 9.58. The summed E-state index contributed by atoms with van der Waals surface area (Å²) in [4.78, 5) is 3.89. The number of aromatic nitrogens is 1. The zero-order valence-corrected chi connectivity index (χ0v) is 17.8. The Morgan fingerprint density at radius 1 is 1.23 bits per heavy atom. The van der Waals surface area contributed by atoms with Gasteiger partial charge in [0.2, 0.25) is 5.88 Å². The Morgan fingerprint density at radius 2 is 1.97 bits per heavy atom. The molecule has 0 N–H and O–H groups in total. The first kappa shape index (κ1) is 22.6. The normalized spacial score (nSPS) is 22.8. The zero-order valence-electron chi connectivity index (χ0n) is 16.9. The summed E-state index contributed by atoms with van der Waals surface area (Å²) in [6.07, 6.45) is -3.32. The van der Waals surface area contributed by atoms with Gasteiger partial charge in [0, 0.05) is 18.9 Å². The summed E-state index contributed by atoms with van der Waals surface area (Å²) in [7, 11) is -4.03. The van der Waals surface area contributed by atoms with Gasteiger partial charge in [-0.1, -0.05) is 6.07 Å². The van der Waals surface area contributed by atoms with E-state index in [1.807, 2.05) is 13.8 Å². The zero-order chi connectivity index (χ0) is 22.2. The van der Waals surface area contributed by atoms with Crippen LogP contribution in [0.5, 0.6) is 5.88 Å². The van der Waals surface area contributed by atoms with Gasteiger partial charge in [-0.15, -0.1) is 0 Å². The van der Waals surface area contributed by atoms with Crippen molar-refractivity contribution >= 4 is 9.84 Å². The Kier molecular flexibility index (Phi) is 6.15. The highest BCUT2D eigenvalue weighted by atomic mass is 32.2. The molecule has 1 aliphatic heterocycles. The Bertz CT molecular complexity index is 990. The van der Waals surface area contributed by atoms with Gasteiger partial charge in [-0.05, 0) is 63.4 Å². The van der Waals surface area contributed by atoms with Crippen LogP contribution in [-0.4, -0.2) is 30.9 Å². The number of halogens is 3. The van der Waals surface area contributed by atoms with Gasteiger partial charge in [0.15, 0.2) is 9.84 Å². The third-order valence-corrected chi connectivity index (χ3v) is 7.72. The van der Waals surface area contributed by atoms with Crippen LogP contribution in [0.4, 0.5) is 13.2 Å². The van der Waals surface area contributed by atoms with Gasteiger partial charge in [0.05, 0.1) is 27.4 Å². The predicted octanol–water partition coefficient (Wildman–Crippen LogP) is 4.97. The van der Waals surface area contributed by atoms with Crippen LogP contribution in [0.1, 0.15) is 50.8 Å². The topological polar surface area (TPSA) is 65.5 Å². The first-order chi connectivity index (χ1) is 13.9. The maximum Gasteiger partial charge on any atom is 0.416 e. The van der Waals surface area contributed by atoms with E-state index in [-0.39, 0.29) is 30.4 Å². The van der Waals surface area contributed by atoms with Gasteiger partial charge >= 0.3 is 6.18 Å². The van der Waals surface area contributed by atoms with E-state index in [1.54, 1.807) is 25.3 Å². The average molecular weight is 443 g/mol. The molecule has 0 saturated carbocycles. The number of ether oxygens (including phenoxy) is 2. The minimum Gasteiger partial charge on any atom is -0.475 e. The van der Waals surface area contributed by atoms with Gasteiger partial charge in [-0.25, -0.2) is 13.4 Å². The van der Waals surface area contributed by atoms with Crippen LogP contribution < -0.4 is 4.74 Å². The summed E-state index contributed by atoms with van der Waals surface area (Å²) in [5.41, 5.74) is -0.294. The average Bonchev–Trinajstić information content (AvgIpc) is 2.67. The van der Waals surface area contributed by atoms with Crippen molar-refractivity contribution in [2.45, 2.75) is 61.6 Å². The first-order valence-corrected chi connectivity index (χ1v) is 11.1. The molecule has 1 aromatic carbocycles. The Balaban J connectivity index is 1.87. The van der Waals surface area contributed by atoms with Gasteiger partial charge in [-0.2, -0.15) is 13.2 Å². The molecule has 1 aromatic heterocycles. The van der Waals surface area contributed by atoms with Crippen molar-refractivity contribution in [3.8, 4) is 5.88 Å². The second kappa shape index (κ2) is 8.19. The van der Waals surface area contributed by atoms with E-state index in [4.69, 9.17) is 9.47 Å². The van der Waals surface area contributed by atoms with E-state index in [2.05, 4.69) is 4.98 Å². The molecule has 0 amide bonds. The highest BCUT2D eigenvalue weighted by Crippen LogP contribution is 2.42. The summed E-state index contributed by atoms with van der Waals surface area (Å²) < 4.78 is 75.7. The molecule has 2 atom stereocenters. The van der Waals surface area contributed by atoms with Crippen molar-refractivity contribution in [3.05, 3.63) is 53.7 Å². The monoisotopic (exact) mass is 443 g/mol. The largest absolute Gasteiger partial charge is 0.475 e. The number of pyridine rings is 1. The summed E-state index contributed by atoms with van der Waals surface area (Å²) >= 11 is 0. The van der Waals surface area contributed by atoms with Crippen LogP contribution in [0.15, 0.2) is 47.5 Å². The van der Waals surface area contributed by atoms with Crippen LogP contribution in [-0.2, 0) is 20.8 Å². The number of rotatable bonds is 5. The molecule has 3 rings (SSSR count). The predicted molar refractivity (Wildman–Crippen MR) is 105 cm³/mol. The maximum absolute atomic E-state index is 13.3. The summed E-state index contributed by atoms with van der Waals surface area (Å²) in [5.74, 6) is 0.448. The summed E-state index contributed by atoms with van der Waals surface area (Å²) in [5, 5.41) is 0. The van der Waals surface area contributed by atoms with Crippen LogP contribution in [0.2, 0.25) is 0 Å². The number of alkyl halides is 3. The van der Waals surface area contributed by atoms with Gasteiger partial charge in [0.25, 0.3) is 0 Å². The molecular weight excluding hydrogens is 419 g/mol. The quantitative estimate of drug-likeness (QED) is 0.653. The van der Waals surface area contributed by atoms with Crippen LogP contribution in [0.3, 0.4) is 0 Å². The van der Waals surface area contributed by atoms with Crippen molar-refractivity contribution in [1.82, 2.24) is 4.98 Å². The molecular formula is C21H24F3NO4S. The number of benzene rings is 1. The van der Waals surface area contributed by atoms with Gasteiger partial charge < -0.3 is 9.47 Å². The second-order valence-corrected chi connectivity index (χ2v) is 10.4. The third kappa shape index (κ3) is 4.62. The van der Waals surface area contributed by atoms with Crippen molar-refractivity contribution in [2.24, 2.45) is 0 Å². The van der Waals surface area contributed by atoms with Crippen LogP contribution >= 0.6 is 0 Å². The van der Waals surface area contributed by atoms with E-state index in [9.17, 15) is 21.6 Å². The third-order valence-electron chi connectivity index (χ3n) is 5.18. The molecule has 1 unspecified atom stereocenters. The van der Waals surface area contributed by atoms with Crippen molar-refractivity contribution in [3.63, 3.8) is 0 Å². The fourth-order valence-corrected chi connectivity index (χ4v) is 5.28. The molecule has 0 aliphatic carbocycles. The summed E-state index contributed by atoms with van der Waals surface area (Å²) in [6.45, 7) is 5.49. The highest BCUT2D eigenvalue weighted by Gasteiger charge is 2.45. The Hall–Kier alpha value is -2.13. The number of nitrogens with zero attached hydrogens (tertiary/aromatic N) is 1. The lowest BCUT2D eigenvalue weighted by Crippen LogP contribution is -2.42. The van der Waals surface area contributed by atoms with E-state index >= 15 is 0 Å². The van der Waals surface area contributed by atoms with Crippen molar-refractivity contribution in [1.29, 1.82) is 0 Å². The fraction of sp³-hybridized carbons (Fsp3) is 0.476. The van der Waals surface area contributed by atoms with E-state index in [0.29, 0.717) is 17.5 Å². The molecule has 1 aliphatic rings. The van der Waals surface area contributed by atoms with Crippen molar-refractivity contribution < 1.29 is 31.1 Å². The molecule has 1 fully saturated rings. The Labute approximate surface area is 174 Å². The van der Waals surface area contributed by atoms with Gasteiger partial charge in [-0.3, -0.25) is 0 Å². The standard InChI is InChI=1S/C21H24F3NO4S/c1-14(2)29-19-8-7-15(13-25-19)18-12-20(3,9-10-28-18)30(26,27)17-6-4-5-16(11-17)21(22,23)24/h4-8,11,13-14,18H,9-10,12H2,1-3H3/t18?,20-/m1/s1. The highest BCUT2D eigenvalue weighted by molar-refractivity contribution is 7.92. The fourth-order valence-electron chi connectivity index (χ4n) is 3.45. The molecule has 0 spiro atoms. The molecule has 30 heavy (non-hydrogen) atoms. The molecule has 9 heteroatoms. The second-order valence-electron chi connectivity index (χ2n) is 7.89. The molecule has 0 bridgehead atoms. The lowest BCUT2D eigenvalue weighted by molar-refractivity contribution is -0.137. The molecule has 1 saturated heterocycles.